The van der Waals surface area contributed by atoms with Crippen LogP contribution in [0.1, 0.15) is 18.1 Å². The lowest BCUT2D eigenvalue weighted by molar-refractivity contribution is 0.304. The molecule has 0 saturated heterocycles. The smallest absolute Gasteiger partial charge is 0.123 e. The maximum Gasteiger partial charge on any atom is 0.123 e. The van der Waals surface area contributed by atoms with E-state index in [1.54, 1.807) is 0 Å². The molecule has 0 fully saturated rings. The van der Waals surface area contributed by atoms with Gasteiger partial charge in [0.1, 0.15) is 12.4 Å². The first kappa shape index (κ1) is 13.4. The fraction of sp³-hybridized carbons (Fsp3) is 0.308. The molecular weight excluding hydrogens is 316 g/mol. The summed E-state index contributed by atoms with van der Waals surface area (Å²) in [6.45, 7) is 3.44. The molecule has 0 amide bonds. The molecule has 1 heterocycles. The molecule has 3 nitrogen and oxygen atoms in total. The van der Waals surface area contributed by atoms with Gasteiger partial charge in [-0.2, -0.15) is 5.10 Å². The van der Waals surface area contributed by atoms with Gasteiger partial charge < -0.3 is 4.74 Å². The average Bonchev–Trinajstić information content (AvgIpc) is 2.85. The number of nitrogens with zero attached hydrogens (tertiary/aromatic N) is 2. The van der Waals surface area contributed by atoms with Gasteiger partial charge in [0.25, 0.3) is 0 Å². The number of benzene rings is 1. The quantitative estimate of drug-likeness (QED) is 0.774. The monoisotopic (exact) mass is 328 g/mol. The van der Waals surface area contributed by atoms with Gasteiger partial charge in [-0.1, -0.05) is 27.5 Å². The third-order valence-electron chi connectivity index (χ3n) is 2.57. The summed E-state index contributed by atoms with van der Waals surface area (Å²) >= 11 is 9.37. The van der Waals surface area contributed by atoms with Crippen molar-refractivity contribution >= 4 is 27.5 Å². The van der Waals surface area contributed by atoms with Gasteiger partial charge in [-0.3, -0.25) is 4.68 Å². The first-order valence-corrected chi connectivity index (χ1v) is 7.21. The number of alkyl halides is 1. The summed E-state index contributed by atoms with van der Waals surface area (Å²) in [5.41, 5.74) is 2.11. The van der Waals surface area contributed by atoms with E-state index in [1.807, 2.05) is 35.3 Å². The van der Waals surface area contributed by atoms with Crippen molar-refractivity contribution in [2.24, 2.45) is 0 Å². The highest BCUT2D eigenvalue weighted by atomic mass is 79.9. The van der Waals surface area contributed by atoms with E-state index >= 15 is 0 Å². The second-order valence-corrected chi connectivity index (χ2v) is 4.88. The third kappa shape index (κ3) is 3.27. The lowest BCUT2D eigenvalue weighted by Crippen LogP contribution is -1.97. The summed E-state index contributed by atoms with van der Waals surface area (Å²) in [4.78, 5) is 0. The lowest BCUT2D eigenvalue weighted by Gasteiger charge is -2.09. The van der Waals surface area contributed by atoms with Gasteiger partial charge in [-0.15, -0.1) is 0 Å². The molecular formula is C13H14BrClN2O. The van der Waals surface area contributed by atoms with Crippen LogP contribution in [0, 0.1) is 0 Å². The summed E-state index contributed by atoms with van der Waals surface area (Å²) in [5.74, 6) is 0.848. The van der Waals surface area contributed by atoms with Crippen LogP contribution in [0.25, 0.3) is 0 Å². The van der Waals surface area contributed by atoms with E-state index in [1.165, 1.54) is 0 Å². The van der Waals surface area contributed by atoms with Crippen molar-refractivity contribution in [1.29, 1.82) is 0 Å². The van der Waals surface area contributed by atoms with Crippen LogP contribution in [-0.4, -0.2) is 9.78 Å². The Morgan fingerprint density at radius 1 is 1.44 bits per heavy atom. The minimum absolute atomic E-state index is 0.516. The summed E-state index contributed by atoms with van der Waals surface area (Å²) in [6.07, 6.45) is 3.82. The molecule has 18 heavy (non-hydrogen) atoms. The van der Waals surface area contributed by atoms with Crippen molar-refractivity contribution in [3.05, 3.63) is 46.7 Å². The van der Waals surface area contributed by atoms with E-state index in [0.717, 1.165) is 33.8 Å². The van der Waals surface area contributed by atoms with Crippen LogP contribution in [-0.2, 0) is 18.5 Å². The number of halogens is 2. The Hall–Kier alpha value is -1.00. The van der Waals surface area contributed by atoms with Crippen LogP contribution in [0.2, 0.25) is 5.02 Å². The minimum Gasteiger partial charge on any atom is -0.488 e. The number of hydrogen-bond donors (Lipinski definition) is 0. The van der Waals surface area contributed by atoms with Crippen molar-refractivity contribution in [1.82, 2.24) is 9.78 Å². The number of ether oxygens (including phenoxy) is 1. The molecule has 0 saturated carbocycles. The Kier molecular flexibility index (Phi) is 4.66. The van der Waals surface area contributed by atoms with Gasteiger partial charge in [0.2, 0.25) is 0 Å². The van der Waals surface area contributed by atoms with Gasteiger partial charge in [0, 0.05) is 34.2 Å². The lowest BCUT2D eigenvalue weighted by atomic mass is 10.2. The SMILES string of the molecule is CCn1cc(COc2ccc(Cl)cc2CBr)cn1. The molecule has 5 heteroatoms. The van der Waals surface area contributed by atoms with Gasteiger partial charge in [-0.05, 0) is 25.1 Å². The zero-order valence-corrected chi connectivity index (χ0v) is 12.4. The second kappa shape index (κ2) is 6.25. The highest BCUT2D eigenvalue weighted by molar-refractivity contribution is 9.08. The molecule has 0 unspecified atom stereocenters. The third-order valence-corrected chi connectivity index (χ3v) is 3.41. The van der Waals surface area contributed by atoms with E-state index in [0.29, 0.717) is 6.61 Å². The zero-order chi connectivity index (χ0) is 13.0. The van der Waals surface area contributed by atoms with Crippen LogP contribution in [0.3, 0.4) is 0 Å². The zero-order valence-electron chi connectivity index (χ0n) is 10.1. The van der Waals surface area contributed by atoms with E-state index in [4.69, 9.17) is 16.3 Å². The minimum atomic E-state index is 0.516. The van der Waals surface area contributed by atoms with E-state index < -0.39 is 0 Å². The summed E-state index contributed by atoms with van der Waals surface area (Å²) < 4.78 is 7.67. The topological polar surface area (TPSA) is 27.1 Å². The standard InChI is InChI=1S/C13H14BrClN2O/c1-2-17-8-10(7-16-17)9-18-13-4-3-12(15)5-11(13)6-14/h3-5,7-8H,2,6,9H2,1H3. The Bertz CT molecular complexity index is 527. The molecule has 1 aromatic heterocycles. The molecule has 0 aliphatic rings. The van der Waals surface area contributed by atoms with Gasteiger partial charge in [0.15, 0.2) is 0 Å². The van der Waals surface area contributed by atoms with E-state index in [9.17, 15) is 0 Å². The van der Waals surface area contributed by atoms with Crippen LogP contribution >= 0.6 is 27.5 Å². The summed E-state index contributed by atoms with van der Waals surface area (Å²) in [6, 6.07) is 5.63. The molecule has 2 rings (SSSR count). The predicted molar refractivity (Wildman–Crippen MR) is 76.3 cm³/mol. The molecule has 96 valence electrons. The molecule has 0 spiro atoms. The number of aromatic nitrogens is 2. The van der Waals surface area contributed by atoms with Crippen molar-refractivity contribution in [3.8, 4) is 5.75 Å². The maximum absolute atomic E-state index is 5.95. The van der Waals surface area contributed by atoms with Gasteiger partial charge in [0.05, 0.1) is 6.20 Å². The highest BCUT2D eigenvalue weighted by Gasteiger charge is 2.05. The molecule has 0 aliphatic heterocycles. The van der Waals surface area contributed by atoms with Crippen LogP contribution in [0.15, 0.2) is 30.6 Å². The largest absolute Gasteiger partial charge is 0.488 e. The van der Waals surface area contributed by atoms with Gasteiger partial charge in [-0.25, -0.2) is 0 Å². The fourth-order valence-corrected chi connectivity index (χ4v) is 2.24. The first-order chi connectivity index (χ1) is 8.72. The van der Waals surface area contributed by atoms with Crippen molar-refractivity contribution in [2.45, 2.75) is 25.4 Å². The second-order valence-electron chi connectivity index (χ2n) is 3.88. The Balaban J connectivity index is 2.05. The summed E-state index contributed by atoms with van der Waals surface area (Å²) in [5, 5.41) is 5.65. The fourth-order valence-electron chi connectivity index (χ4n) is 1.61. The Morgan fingerprint density at radius 2 is 2.28 bits per heavy atom. The molecule has 0 atom stereocenters. The molecule has 1 aromatic carbocycles. The van der Waals surface area contributed by atoms with Crippen molar-refractivity contribution < 1.29 is 4.74 Å². The van der Waals surface area contributed by atoms with Gasteiger partial charge >= 0.3 is 0 Å². The normalized spacial score (nSPS) is 10.6. The Morgan fingerprint density at radius 3 is 2.94 bits per heavy atom. The first-order valence-electron chi connectivity index (χ1n) is 5.71. The summed E-state index contributed by atoms with van der Waals surface area (Å²) in [7, 11) is 0. The highest BCUT2D eigenvalue weighted by Crippen LogP contribution is 2.25. The van der Waals surface area contributed by atoms with Crippen molar-refractivity contribution in [2.75, 3.05) is 0 Å². The molecule has 0 bridgehead atoms. The number of hydrogen-bond acceptors (Lipinski definition) is 2. The van der Waals surface area contributed by atoms with Crippen molar-refractivity contribution in [3.63, 3.8) is 0 Å². The van der Waals surface area contributed by atoms with Crippen LogP contribution < -0.4 is 4.74 Å². The Labute approximate surface area is 120 Å². The predicted octanol–water partition coefficient (Wildman–Crippen LogP) is 4.03. The van der Waals surface area contributed by atoms with E-state index in [-0.39, 0.29) is 0 Å². The maximum atomic E-state index is 5.95. The average molecular weight is 330 g/mol. The number of rotatable bonds is 5. The molecule has 0 N–H and O–H groups in total. The van der Waals surface area contributed by atoms with Crippen LogP contribution in [0.4, 0.5) is 0 Å². The molecule has 0 aliphatic carbocycles. The van der Waals surface area contributed by atoms with Crippen LogP contribution in [0.5, 0.6) is 5.75 Å². The molecule has 2 aromatic rings. The van der Waals surface area contributed by atoms with E-state index in [2.05, 4.69) is 28.0 Å². The number of aryl methyl sites for hydroxylation is 1. The molecule has 0 radical (unpaired) electrons.